The number of carbonyl (C=O) groups is 2. The standard InChI is InChI=1S/C27H26ClN7O2/c1-15(36)32-23-8-18(16-5-6-16)12-35-13-20(33-26(23)35)11-29-24-10-25(31-14-30-24)34-27(37)22-9-21(22)17-3-2-4-19(28)7-17/h2-4,7-8,10,12-14,16,21-22H,5-6,9,11H2,1H3,(H,32,36)(H2,29,30,31,34,37)/t21?,22-/m0/s1. The van der Waals surface area contributed by atoms with Crippen LogP contribution in [0, 0.1) is 5.92 Å². The summed E-state index contributed by atoms with van der Waals surface area (Å²) in [6.07, 6.45) is 8.58. The van der Waals surface area contributed by atoms with Gasteiger partial charge in [-0.25, -0.2) is 15.0 Å². The Morgan fingerprint density at radius 2 is 1.89 bits per heavy atom. The van der Waals surface area contributed by atoms with Crippen molar-refractivity contribution in [1.82, 2.24) is 19.4 Å². The minimum Gasteiger partial charge on any atom is -0.364 e. The molecule has 3 N–H and O–H groups in total. The number of amides is 2. The summed E-state index contributed by atoms with van der Waals surface area (Å²) in [7, 11) is 0. The van der Waals surface area contributed by atoms with Gasteiger partial charge in [0.25, 0.3) is 0 Å². The zero-order valence-electron chi connectivity index (χ0n) is 20.2. The fourth-order valence-electron chi connectivity index (χ4n) is 4.69. The lowest BCUT2D eigenvalue weighted by Gasteiger charge is -2.07. The SMILES string of the molecule is CC(=O)Nc1cc(C2CC2)cn2cc(CNc3cc(NC(=O)[C@H]4CC4c4cccc(Cl)c4)ncn3)nc12. The molecule has 2 atom stereocenters. The average molecular weight is 516 g/mol. The predicted octanol–water partition coefficient (Wildman–Crippen LogP) is 4.97. The molecule has 3 heterocycles. The number of hydrogen-bond donors (Lipinski definition) is 3. The lowest BCUT2D eigenvalue weighted by molar-refractivity contribution is -0.117. The Morgan fingerprint density at radius 1 is 1.05 bits per heavy atom. The van der Waals surface area contributed by atoms with E-state index in [-0.39, 0.29) is 23.7 Å². The molecule has 0 saturated heterocycles. The molecule has 188 valence electrons. The Hall–Kier alpha value is -3.98. The van der Waals surface area contributed by atoms with Gasteiger partial charge in [-0.15, -0.1) is 0 Å². The van der Waals surface area contributed by atoms with E-state index in [0.29, 0.717) is 40.5 Å². The minimum atomic E-state index is -0.127. The Bertz CT molecular complexity index is 1510. The van der Waals surface area contributed by atoms with Crippen molar-refractivity contribution in [2.24, 2.45) is 5.92 Å². The van der Waals surface area contributed by atoms with Crippen molar-refractivity contribution in [3.63, 3.8) is 0 Å². The molecule has 2 aliphatic rings. The molecular formula is C27H26ClN7O2. The molecule has 37 heavy (non-hydrogen) atoms. The van der Waals surface area contributed by atoms with E-state index in [2.05, 4.69) is 32.1 Å². The maximum absolute atomic E-state index is 12.8. The Kier molecular flexibility index (Phi) is 6.00. The van der Waals surface area contributed by atoms with Gasteiger partial charge in [-0.05, 0) is 60.4 Å². The number of fused-ring (bicyclic) bond motifs is 1. The highest BCUT2D eigenvalue weighted by molar-refractivity contribution is 6.30. The quantitative estimate of drug-likeness (QED) is 0.305. The number of carbonyl (C=O) groups excluding carboxylic acids is 2. The highest BCUT2D eigenvalue weighted by Gasteiger charge is 2.44. The first-order valence-corrected chi connectivity index (χ1v) is 12.7. The molecule has 0 spiro atoms. The monoisotopic (exact) mass is 515 g/mol. The van der Waals surface area contributed by atoms with Gasteiger partial charge < -0.3 is 20.4 Å². The summed E-state index contributed by atoms with van der Waals surface area (Å²) in [4.78, 5) is 37.7. The van der Waals surface area contributed by atoms with Crippen LogP contribution in [0.4, 0.5) is 17.3 Å². The van der Waals surface area contributed by atoms with Crippen LogP contribution in [0.15, 0.2) is 55.1 Å². The minimum absolute atomic E-state index is 0.0630. The highest BCUT2D eigenvalue weighted by atomic mass is 35.5. The zero-order valence-corrected chi connectivity index (χ0v) is 21.0. The smallest absolute Gasteiger partial charge is 0.229 e. The molecule has 6 rings (SSSR count). The largest absolute Gasteiger partial charge is 0.364 e. The molecule has 0 radical (unpaired) electrons. The third kappa shape index (κ3) is 5.27. The van der Waals surface area contributed by atoms with E-state index < -0.39 is 0 Å². The maximum Gasteiger partial charge on any atom is 0.229 e. The summed E-state index contributed by atoms with van der Waals surface area (Å²) < 4.78 is 1.97. The molecule has 9 nitrogen and oxygen atoms in total. The summed E-state index contributed by atoms with van der Waals surface area (Å²) in [5.41, 5.74) is 4.50. The second-order valence-corrected chi connectivity index (χ2v) is 10.2. The molecule has 1 unspecified atom stereocenters. The van der Waals surface area contributed by atoms with Crippen molar-refractivity contribution < 1.29 is 9.59 Å². The lowest BCUT2D eigenvalue weighted by atomic mass is 10.1. The molecule has 0 aliphatic heterocycles. The molecule has 0 bridgehead atoms. The topological polar surface area (TPSA) is 113 Å². The van der Waals surface area contributed by atoms with Gasteiger partial charge in [0.15, 0.2) is 5.65 Å². The lowest BCUT2D eigenvalue weighted by Crippen LogP contribution is -2.16. The number of halogens is 1. The van der Waals surface area contributed by atoms with Crippen molar-refractivity contribution in [1.29, 1.82) is 0 Å². The first kappa shape index (κ1) is 23.4. The zero-order chi connectivity index (χ0) is 25.5. The number of rotatable bonds is 8. The Labute approximate surface area is 218 Å². The van der Waals surface area contributed by atoms with Gasteiger partial charge >= 0.3 is 0 Å². The van der Waals surface area contributed by atoms with Crippen LogP contribution in [0.3, 0.4) is 0 Å². The number of nitrogens with one attached hydrogen (secondary N) is 3. The number of pyridine rings is 1. The number of imidazole rings is 1. The molecule has 2 fully saturated rings. The third-order valence-corrected chi connectivity index (χ3v) is 6.99. The normalized spacial score (nSPS) is 18.4. The predicted molar refractivity (Wildman–Crippen MR) is 142 cm³/mol. The van der Waals surface area contributed by atoms with Crippen molar-refractivity contribution in [2.75, 3.05) is 16.0 Å². The van der Waals surface area contributed by atoms with E-state index in [1.807, 2.05) is 40.9 Å². The summed E-state index contributed by atoms with van der Waals surface area (Å²) in [6, 6.07) is 11.4. The van der Waals surface area contributed by atoms with Crippen LogP contribution in [0.1, 0.15) is 54.8 Å². The van der Waals surface area contributed by atoms with Crippen LogP contribution in [-0.4, -0.2) is 31.2 Å². The van der Waals surface area contributed by atoms with Crippen molar-refractivity contribution in [2.45, 2.75) is 44.6 Å². The fourth-order valence-corrected chi connectivity index (χ4v) is 4.89. The first-order valence-electron chi connectivity index (χ1n) is 12.3. The number of aromatic nitrogens is 4. The summed E-state index contributed by atoms with van der Waals surface area (Å²) >= 11 is 6.09. The Balaban J connectivity index is 1.11. The molecule has 2 saturated carbocycles. The van der Waals surface area contributed by atoms with Gasteiger partial charge in [-0.2, -0.15) is 0 Å². The molecule has 10 heteroatoms. The third-order valence-electron chi connectivity index (χ3n) is 6.75. The van der Waals surface area contributed by atoms with E-state index in [1.54, 1.807) is 6.07 Å². The summed E-state index contributed by atoms with van der Waals surface area (Å²) in [5, 5.41) is 9.73. The number of benzene rings is 1. The average Bonchev–Trinajstić information content (AvgIpc) is 3.79. The van der Waals surface area contributed by atoms with Crippen LogP contribution in [-0.2, 0) is 16.1 Å². The summed E-state index contributed by atoms with van der Waals surface area (Å²) in [5.74, 6) is 1.45. The van der Waals surface area contributed by atoms with Gasteiger partial charge in [-0.3, -0.25) is 9.59 Å². The van der Waals surface area contributed by atoms with E-state index in [0.717, 1.165) is 17.7 Å². The van der Waals surface area contributed by atoms with Gasteiger partial charge in [0.1, 0.15) is 18.0 Å². The number of nitrogens with zero attached hydrogens (tertiary/aromatic N) is 4. The van der Waals surface area contributed by atoms with Gasteiger partial charge in [-0.1, -0.05) is 23.7 Å². The Morgan fingerprint density at radius 3 is 2.68 bits per heavy atom. The van der Waals surface area contributed by atoms with Crippen molar-refractivity contribution in [3.8, 4) is 0 Å². The maximum atomic E-state index is 12.8. The fraction of sp³-hybridized carbons (Fsp3) is 0.296. The number of anilines is 3. The molecule has 2 aliphatic carbocycles. The van der Waals surface area contributed by atoms with E-state index in [1.165, 1.54) is 31.7 Å². The molecule has 2 amide bonds. The van der Waals surface area contributed by atoms with Crippen LogP contribution < -0.4 is 16.0 Å². The first-order chi connectivity index (χ1) is 17.9. The second kappa shape index (κ2) is 9.48. The van der Waals surface area contributed by atoms with Gasteiger partial charge in [0.2, 0.25) is 11.8 Å². The molecule has 4 aromatic rings. The van der Waals surface area contributed by atoms with Crippen LogP contribution >= 0.6 is 11.6 Å². The second-order valence-electron chi connectivity index (χ2n) is 9.74. The van der Waals surface area contributed by atoms with E-state index in [9.17, 15) is 9.59 Å². The van der Waals surface area contributed by atoms with Crippen LogP contribution in [0.25, 0.3) is 5.65 Å². The summed E-state index contributed by atoms with van der Waals surface area (Å²) in [6.45, 7) is 1.92. The molecule has 3 aromatic heterocycles. The van der Waals surface area contributed by atoms with Crippen LogP contribution in [0.5, 0.6) is 0 Å². The highest BCUT2D eigenvalue weighted by Crippen LogP contribution is 2.48. The molecule has 1 aromatic carbocycles. The van der Waals surface area contributed by atoms with E-state index >= 15 is 0 Å². The van der Waals surface area contributed by atoms with Gasteiger partial charge in [0, 0.05) is 36.3 Å². The van der Waals surface area contributed by atoms with Gasteiger partial charge in [0.05, 0.1) is 17.9 Å². The number of hydrogen-bond acceptors (Lipinski definition) is 6. The van der Waals surface area contributed by atoms with Crippen molar-refractivity contribution >= 4 is 46.4 Å². The van der Waals surface area contributed by atoms with Crippen molar-refractivity contribution in [3.05, 3.63) is 77.0 Å². The van der Waals surface area contributed by atoms with Crippen LogP contribution in [0.2, 0.25) is 5.02 Å². The van der Waals surface area contributed by atoms with E-state index in [4.69, 9.17) is 16.6 Å². The molecular weight excluding hydrogens is 490 g/mol.